The van der Waals surface area contributed by atoms with Crippen LogP contribution in [0.3, 0.4) is 0 Å². The largest absolute Gasteiger partial charge is 1.00 e. The Morgan fingerprint density at radius 1 is 0.714 bits per heavy atom. The van der Waals surface area contributed by atoms with Gasteiger partial charge in [0.15, 0.2) is 0 Å². The molecular weight excluding hydrogens is 419 g/mol. The summed E-state index contributed by atoms with van der Waals surface area (Å²) in [7, 11) is 0. The van der Waals surface area contributed by atoms with E-state index in [1.165, 1.54) is 11.1 Å². The van der Waals surface area contributed by atoms with Crippen molar-refractivity contribution in [3.8, 4) is 0 Å². The third kappa shape index (κ3) is 3.43. The van der Waals surface area contributed by atoms with E-state index in [9.17, 15) is 0 Å². The van der Waals surface area contributed by atoms with Crippen LogP contribution >= 0.6 is 0 Å². The predicted molar refractivity (Wildman–Crippen MR) is 111 cm³/mol. The molecule has 2 aromatic rings. The predicted octanol–water partition coefficient (Wildman–Crippen LogP) is 0.921. The molecule has 0 saturated carbocycles. The van der Waals surface area contributed by atoms with Gasteiger partial charge in [-0.05, 0) is 0 Å². The average molecular weight is 447 g/mol. The van der Waals surface area contributed by atoms with Crippen molar-refractivity contribution in [3.05, 3.63) is 81.9 Å². The van der Waals surface area contributed by atoms with Crippen molar-refractivity contribution in [2.75, 3.05) is 0 Å². The summed E-state index contributed by atoms with van der Waals surface area (Å²) in [4.78, 5) is 4.94. The zero-order valence-electron chi connectivity index (χ0n) is 17.2. The van der Waals surface area contributed by atoms with Gasteiger partial charge in [-0.2, -0.15) is 0 Å². The minimum Gasteiger partial charge on any atom is -1.00 e. The minimum absolute atomic E-state index is 0. The molecule has 0 aliphatic heterocycles. The van der Waals surface area contributed by atoms with Crippen molar-refractivity contribution in [1.29, 1.82) is 0 Å². The van der Waals surface area contributed by atoms with E-state index in [1.807, 2.05) is 0 Å². The molecule has 2 unspecified atom stereocenters. The van der Waals surface area contributed by atoms with Crippen LogP contribution in [0.1, 0.15) is 71.2 Å². The molecule has 0 bridgehead atoms. The number of hydrogen-bond acceptors (Lipinski definition) is 0. The smallest absolute Gasteiger partial charge is 1.00 e. The van der Waals surface area contributed by atoms with E-state index in [2.05, 4.69) is 76.2 Å². The molecular formula is C25H28Cl2Ti. The van der Waals surface area contributed by atoms with Gasteiger partial charge in [-0.3, -0.25) is 0 Å². The SMILES string of the molecule is [CH2]=[Ti+2]([CH]1C(C)=C(CC)c2ccccc21)[CH]1C(C)=C(CC)c2ccccc21.[Cl-].[Cl-]. The van der Waals surface area contributed by atoms with E-state index in [4.69, 9.17) is 4.82 Å². The Labute approximate surface area is 188 Å². The Kier molecular flexibility index (Phi) is 7.73. The van der Waals surface area contributed by atoms with Crippen LogP contribution < -0.4 is 24.8 Å². The second kappa shape index (κ2) is 9.27. The Bertz CT molecular complexity index is 891. The van der Waals surface area contributed by atoms with Gasteiger partial charge in [-0.15, -0.1) is 0 Å². The molecule has 2 aliphatic carbocycles. The van der Waals surface area contributed by atoms with Gasteiger partial charge in [0.1, 0.15) is 0 Å². The van der Waals surface area contributed by atoms with Crippen LogP contribution in [-0.2, 0) is 17.4 Å². The van der Waals surface area contributed by atoms with Gasteiger partial charge in [0, 0.05) is 0 Å². The molecule has 0 aromatic heterocycles. The molecule has 0 saturated heterocycles. The van der Waals surface area contributed by atoms with Gasteiger partial charge in [-0.1, -0.05) is 0 Å². The third-order valence-corrected chi connectivity index (χ3v) is 11.1. The molecule has 4 rings (SSSR count). The topological polar surface area (TPSA) is 0 Å². The second-order valence-electron chi connectivity index (χ2n) is 7.65. The summed E-state index contributed by atoms with van der Waals surface area (Å²) in [5.74, 6) is 0. The molecule has 0 amide bonds. The summed E-state index contributed by atoms with van der Waals surface area (Å²) < 4.78 is 1.18. The molecule has 146 valence electrons. The summed E-state index contributed by atoms with van der Waals surface area (Å²) in [6.45, 7) is 9.35. The van der Waals surface area contributed by atoms with Crippen molar-refractivity contribution in [2.45, 2.75) is 49.0 Å². The molecule has 0 heterocycles. The van der Waals surface area contributed by atoms with Crippen molar-refractivity contribution < 1.29 is 42.2 Å². The van der Waals surface area contributed by atoms with Crippen LogP contribution in [0.4, 0.5) is 0 Å². The van der Waals surface area contributed by atoms with Crippen LogP contribution in [0.15, 0.2) is 59.7 Å². The van der Waals surface area contributed by atoms with Crippen LogP contribution in [0.5, 0.6) is 0 Å². The maximum atomic E-state index is 4.94. The van der Waals surface area contributed by atoms with Gasteiger partial charge in [0.2, 0.25) is 0 Å². The molecule has 0 fully saturated rings. The van der Waals surface area contributed by atoms with Gasteiger partial charge < -0.3 is 24.8 Å². The Morgan fingerprint density at radius 2 is 1.07 bits per heavy atom. The maximum Gasteiger partial charge on any atom is -1.00 e. The molecule has 28 heavy (non-hydrogen) atoms. The first-order valence-electron chi connectivity index (χ1n) is 9.86. The molecule has 0 spiro atoms. The van der Waals surface area contributed by atoms with E-state index >= 15 is 0 Å². The van der Waals surface area contributed by atoms with Crippen molar-refractivity contribution in [2.24, 2.45) is 0 Å². The fourth-order valence-corrected chi connectivity index (χ4v) is 10.2. The number of allylic oxidation sites excluding steroid dienone is 4. The van der Waals surface area contributed by atoms with Gasteiger partial charge in [-0.25, -0.2) is 0 Å². The summed E-state index contributed by atoms with van der Waals surface area (Å²) in [6, 6.07) is 18.2. The molecule has 3 heteroatoms. The van der Waals surface area contributed by atoms with E-state index < -0.39 is 17.4 Å². The number of fused-ring (bicyclic) bond motifs is 2. The molecule has 2 atom stereocenters. The van der Waals surface area contributed by atoms with E-state index in [0.29, 0.717) is 8.45 Å². The van der Waals surface area contributed by atoms with Crippen molar-refractivity contribution >= 4 is 16.0 Å². The first-order chi connectivity index (χ1) is 12.6. The zero-order valence-corrected chi connectivity index (χ0v) is 20.2. The van der Waals surface area contributed by atoms with Gasteiger partial charge in [0.05, 0.1) is 0 Å². The quantitative estimate of drug-likeness (QED) is 0.612. The first kappa shape index (κ1) is 23.4. The third-order valence-electron chi connectivity index (χ3n) is 6.46. The van der Waals surface area contributed by atoms with Crippen LogP contribution in [-0.4, -0.2) is 4.82 Å². The molecule has 2 aliphatic rings. The number of benzene rings is 2. The Balaban J connectivity index is 0.00000140. The molecule has 2 aromatic carbocycles. The number of rotatable bonds is 4. The van der Waals surface area contributed by atoms with Gasteiger partial charge >= 0.3 is 164 Å². The second-order valence-corrected chi connectivity index (χ2v) is 11.2. The van der Waals surface area contributed by atoms with Crippen LogP contribution in [0, 0.1) is 0 Å². The normalized spacial score (nSPS) is 19.4. The van der Waals surface area contributed by atoms with E-state index in [-0.39, 0.29) is 24.8 Å². The number of halogens is 2. The van der Waals surface area contributed by atoms with Crippen LogP contribution in [0.2, 0.25) is 0 Å². The molecule has 0 N–H and O–H groups in total. The molecule has 0 nitrogen and oxygen atoms in total. The fraction of sp³-hybridized carbons (Fsp3) is 0.320. The van der Waals surface area contributed by atoms with Crippen molar-refractivity contribution in [1.82, 2.24) is 0 Å². The number of hydrogen-bond donors (Lipinski definition) is 0. The Hall–Kier alpha value is -0.916. The summed E-state index contributed by atoms with van der Waals surface area (Å²) in [5, 5.41) is 0. The zero-order chi connectivity index (χ0) is 18.4. The summed E-state index contributed by atoms with van der Waals surface area (Å²) in [6.07, 6.45) is 2.25. The summed E-state index contributed by atoms with van der Waals surface area (Å²) >= 11 is -1.71. The first-order valence-corrected chi connectivity index (χ1v) is 12.8. The molecule has 0 radical (unpaired) electrons. The minimum atomic E-state index is -1.71. The summed E-state index contributed by atoms with van der Waals surface area (Å²) in [5.41, 5.74) is 12.5. The Morgan fingerprint density at radius 3 is 1.43 bits per heavy atom. The standard InChI is InChI=1S/2C12H13.CH2.2ClH.Ti/c2*1-3-11-9(2)8-10-6-4-5-7-12(10)11;;;;/h2*4-8H,3H2,1-2H3;1H2;2*1H;/q;;;;;+2/p-2. The van der Waals surface area contributed by atoms with Gasteiger partial charge in [0.25, 0.3) is 0 Å². The average Bonchev–Trinajstić information content (AvgIpc) is 3.10. The van der Waals surface area contributed by atoms with Crippen LogP contribution in [0.25, 0.3) is 11.1 Å². The fourth-order valence-electron chi connectivity index (χ4n) is 5.35. The van der Waals surface area contributed by atoms with E-state index in [1.54, 1.807) is 33.4 Å². The van der Waals surface area contributed by atoms with Crippen molar-refractivity contribution in [3.63, 3.8) is 0 Å². The van der Waals surface area contributed by atoms with E-state index in [0.717, 1.165) is 12.8 Å². The maximum absolute atomic E-state index is 4.94. The monoisotopic (exact) mass is 446 g/mol.